The molecule has 0 aliphatic heterocycles. The molecule has 2 saturated carbocycles. The summed E-state index contributed by atoms with van der Waals surface area (Å²) >= 11 is 0. The van der Waals surface area contributed by atoms with E-state index in [1.54, 1.807) is 7.11 Å². The van der Waals surface area contributed by atoms with Crippen molar-refractivity contribution in [1.29, 1.82) is 0 Å². The van der Waals surface area contributed by atoms with Crippen LogP contribution in [0.5, 0.6) is 5.75 Å². The molecule has 3 aromatic carbocycles. The maximum atomic E-state index is 13.7. The molecule has 3 aromatic rings. The fourth-order valence-electron chi connectivity index (χ4n) is 6.17. The van der Waals surface area contributed by atoms with Crippen molar-refractivity contribution in [1.82, 2.24) is 5.32 Å². The van der Waals surface area contributed by atoms with E-state index in [0.29, 0.717) is 23.1 Å². The molecule has 0 heterocycles. The zero-order valence-electron chi connectivity index (χ0n) is 21.7. The first kappa shape index (κ1) is 25.5. The van der Waals surface area contributed by atoms with Gasteiger partial charge in [-0.05, 0) is 96.3 Å². The first-order valence-electron chi connectivity index (χ1n) is 13.1. The van der Waals surface area contributed by atoms with Crippen molar-refractivity contribution >= 4 is 32.0 Å². The summed E-state index contributed by atoms with van der Waals surface area (Å²) in [6, 6.07) is 19.9. The first-order valence-corrected chi connectivity index (χ1v) is 13.7. The molecule has 2 bridgehead atoms. The van der Waals surface area contributed by atoms with Gasteiger partial charge in [-0.3, -0.25) is 9.59 Å². The highest BCUT2D eigenvalue weighted by Crippen LogP contribution is 2.49. The summed E-state index contributed by atoms with van der Waals surface area (Å²) in [5.41, 5.74) is 5.68. The zero-order chi connectivity index (χ0) is 26.1. The number of carbonyl (C=O) groups is 2. The van der Waals surface area contributed by atoms with Gasteiger partial charge in [0.1, 0.15) is 5.75 Å². The molecule has 2 amide bonds. The van der Waals surface area contributed by atoms with Crippen LogP contribution in [-0.4, -0.2) is 25.0 Å². The molecule has 192 valence electrons. The Morgan fingerprint density at radius 2 is 1.78 bits per heavy atom. The highest BCUT2D eigenvalue weighted by Gasteiger charge is 2.51. The normalized spacial score (nSPS) is 22.1. The van der Waals surface area contributed by atoms with Gasteiger partial charge in [0.05, 0.1) is 18.6 Å². The minimum absolute atomic E-state index is 0.00734. The van der Waals surface area contributed by atoms with E-state index in [0.717, 1.165) is 53.4 Å². The lowest BCUT2D eigenvalue weighted by Gasteiger charge is -2.31. The number of benzene rings is 3. The van der Waals surface area contributed by atoms with Gasteiger partial charge in [-0.1, -0.05) is 43.3 Å². The number of nitrogens with one attached hydrogen (secondary N) is 2. The smallest absolute Gasteiger partial charge is 0.255 e. The van der Waals surface area contributed by atoms with Gasteiger partial charge in [0.25, 0.3) is 5.91 Å². The third-order valence-corrected chi connectivity index (χ3v) is 8.57. The van der Waals surface area contributed by atoms with E-state index < -0.39 is 0 Å². The topological polar surface area (TPSA) is 67.4 Å². The van der Waals surface area contributed by atoms with Gasteiger partial charge >= 0.3 is 0 Å². The molecule has 2 fully saturated rings. The predicted molar refractivity (Wildman–Crippen MR) is 153 cm³/mol. The van der Waals surface area contributed by atoms with Crippen LogP contribution < -0.4 is 20.7 Å². The molecule has 1 unspecified atom stereocenters. The van der Waals surface area contributed by atoms with E-state index in [9.17, 15) is 9.59 Å². The van der Waals surface area contributed by atoms with Gasteiger partial charge in [-0.2, -0.15) is 0 Å². The predicted octanol–water partition coefficient (Wildman–Crippen LogP) is 5.52. The standard InChI is InChI=1S/C31H35N2O3P/c1-4-19-8-10-20(11-9-19)24-16-25(26(36-3)17-27(24)37)30(34)33-29-22-13-12-21(15-22)28(29)31(35)32-23-7-5-6-18(2)14-23/h5-11,14,16-17,21-22,28-29H,4,12-13,15,37H2,1-3H3,(H,32,35)(H,33,34)/t21-,22+,28+,29-/m1/s1. The minimum atomic E-state index is -0.240. The Balaban J connectivity index is 1.40. The Morgan fingerprint density at radius 3 is 2.49 bits per heavy atom. The van der Waals surface area contributed by atoms with Gasteiger partial charge in [0.2, 0.25) is 5.91 Å². The molecule has 5 atom stereocenters. The van der Waals surface area contributed by atoms with E-state index in [2.05, 4.69) is 51.1 Å². The summed E-state index contributed by atoms with van der Waals surface area (Å²) < 4.78 is 5.61. The summed E-state index contributed by atoms with van der Waals surface area (Å²) in [4.78, 5) is 27.1. The lowest BCUT2D eigenvalue weighted by atomic mass is 9.83. The number of amides is 2. The van der Waals surface area contributed by atoms with E-state index >= 15 is 0 Å². The quantitative estimate of drug-likeness (QED) is 0.408. The highest BCUT2D eigenvalue weighted by atomic mass is 31.0. The minimum Gasteiger partial charge on any atom is -0.496 e. The van der Waals surface area contributed by atoms with Gasteiger partial charge in [0, 0.05) is 11.7 Å². The molecular weight excluding hydrogens is 479 g/mol. The lowest BCUT2D eigenvalue weighted by Crippen LogP contribution is -2.48. The SMILES string of the molecule is CCc1ccc(-c2cc(C(=O)N[C@@H]3[C@H]4CC[C@H](C4)[C@@H]3C(=O)Nc3cccc(C)c3)c(OC)cc2P)cc1. The Kier molecular flexibility index (Phi) is 7.35. The number of carbonyl (C=O) groups excluding carboxylic acids is 2. The summed E-state index contributed by atoms with van der Waals surface area (Å²) in [5, 5.41) is 7.33. The van der Waals surface area contributed by atoms with Crippen LogP contribution in [0.1, 0.15) is 47.7 Å². The van der Waals surface area contributed by atoms with Crippen LogP contribution in [0, 0.1) is 24.7 Å². The Bertz CT molecular complexity index is 1320. The average Bonchev–Trinajstić information content (AvgIpc) is 3.50. The molecule has 5 nitrogen and oxygen atoms in total. The van der Waals surface area contributed by atoms with Crippen molar-refractivity contribution in [3.05, 3.63) is 77.4 Å². The van der Waals surface area contributed by atoms with Crippen LogP contribution in [0.2, 0.25) is 0 Å². The summed E-state index contributed by atoms with van der Waals surface area (Å²) in [6.45, 7) is 4.14. The number of anilines is 1. The number of methoxy groups -OCH3 is 1. The van der Waals surface area contributed by atoms with Crippen LogP contribution in [0.15, 0.2) is 60.7 Å². The highest BCUT2D eigenvalue weighted by molar-refractivity contribution is 7.28. The third kappa shape index (κ3) is 5.15. The van der Waals surface area contributed by atoms with E-state index in [1.807, 2.05) is 43.3 Å². The number of hydrogen-bond donors (Lipinski definition) is 2. The summed E-state index contributed by atoms with van der Waals surface area (Å²) in [6.07, 6.45) is 4.03. The zero-order valence-corrected chi connectivity index (χ0v) is 22.9. The molecule has 0 aromatic heterocycles. The maximum Gasteiger partial charge on any atom is 0.255 e. The monoisotopic (exact) mass is 514 g/mol. The number of rotatable bonds is 7. The van der Waals surface area contributed by atoms with Crippen LogP contribution in [0.3, 0.4) is 0 Å². The average molecular weight is 515 g/mol. The molecule has 2 N–H and O–H groups in total. The van der Waals surface area contributed by atoms with Gasteiger partial charge in [-0.15, -0.1) is 9.24 Å². The number of hydrogen-bond acceptors (Lipinski definition) is 3. The van der Waals surface area contributed by atoms with Crippen LogP contribution >= 0.6 is 9.24 Å². The summed E-state index contributed by atoms with van der Waals surface area (Å²) in [5.74, 6) is 0.696. The van der Waals surface area contributed by atoms with Crippen molar-refractivity contribution < 1.29 is 14.3 Å². The Morgan fingerprint density at radius 1 is 1.03 bits per heavy atom. The first-order chi connectivity index (χ1) is 17.9. The second-order valence-corrected chi connectivity index (χ2v) is 11.0. The number of ether oxygens (including phenoxy) is 1. The fraction of sp³-hybridized carbons (Fsp3) is 0.355. The molecule has 6 heteroatoms. The van der Waals surface area contributed by atoms with Gasteiger partial charge < -0.3 is 15.4 Å². The van der Waals surface area contributed by atoms with E-state index in [4.69, 9.17) is 4.74 Å². The molecule has 0 saturated heterocycles. The Hall–Kier alpha value is -3.17. The molecule has 2 aliphatic rings. The van der Waals surface area contributed by atoms with Crippen molar-refractivity contribution in [2.24, 2.45) is 17.8 Å². The summed E-state index contributed by atoms with van der Waals surface area (Å²) in [7, 11) is 4.34. The largest absolute Gasteiger partial charge is 0.496 e. The molecule has 37 heavy (non-hydrogen) atoms. The molecule has 2 aliphatic carbocycles. The van der Waals surface area contributed by atoms with Gasteiger partial charge in [0.15, 0.2) is 0 Å². The van der Waals surface area contributed by atoms with Crippen molar-refractivity contribution in [3.63, 3.8) is 0 Å². The molecule has 5 rings (SSSR count). The second kappa shape index (κ2) is 10.7. The molecule has 0 spiro atoms. The lowest BCUT2D eigenvalue weighted by molar-refractivity contribution is -0.122. The van der Waals surface area contributed by atoms with Crippen molar-refractivity contribution in [2.45, 2.75) is 45.6 Å². The van der Waals surface area contributed by atoms with Crippen LogP contribution in [-0.2, 0) is 11.2 Å². The molecular formula is C31H35N2O3P. The fourth-order valence-corrected chi connectivity index (χ4v) is 6.57. The number of aryl methyl sites for hydroxylation is 2. The number of fused-ring (bicyclic) bond motifs is 2. The molecule has 0 radical (unpaired) electrons. The van der Waals surface area contributed by atoms with Gasteiger partial charge in [-0.25, -0.2) is 0 Å². The van der Waals surface area contributed by atoms with E-state index in [-0.39, 0.29) is 23.8 Å². The Labute approximate surface area is 221 Å². The van der Waals surface area contributed by atoms with Crippen molar-refractivity contribution in [3.8, 4) is 16.9 Å². The van der Waals surface area contributed by atoms with Crippen LogP contribution in [0.25, 0.3) is 11.1 Å². The third-order valence-electron chi connectivity index (χ3n) is 8.09. The van der Waals surface area contributed by atoms with Crippen LogP contribution in [0.4, 0.5) is 5.69 Å². The maximum absolute atomic E-state index is 13.7. The second-order valence-electron chi connectivity index (χ2n) is 10.4. The van der Waals surface area contributed by atoms with E-state index in [1.165, 1.54) is 5.56 Å². The van der Waals surface area contributed by atoms with Crippen molar-refractivity contribution in [2.75, 3.05) is 12.4 Å².